The summed E-state index contributed by atoms with van der Waals surface area (Å²) in [5.41, 5.74) is 1.76. The van der Waals surface area contributed by atoms with E-state index >= 15 is 0 Å². The van der Waals surface area contributed by atoms with Gasteiger partial charge in [0.05, 0.1) is 5.69 Å². The van der Waals surface area contributed by atoms with Crippen molar-refractivity contribution in [3.8, 4) is 0 Å². The van der Waals surface area contributed by atoms with Crippen LogP contribution in [-0.4, -0.2) is 16.0 Å². The van der Waals surface area contributed by atoms with Gasteiger partial charge in [0.2, 0.25) is 0 Å². The molecule has 0 atom stereocenters. The van der Waals surface area contributed by atoms with Gasteiger partial charge < -0.3 is 10.3 Å². The van der Waals surface area contributed by atoms with Gasteiger partial charge in [0, 0.05) is 29.5 Å². The summed E-state index contributed by atoms with van der Waals surface area (Å²) in [5.74, 6) is 0.685. The standard InChI is InChI=1S/C15H18BrN3O/c1-10(2)17-9-12-8-15(20)19-14(18-12)7-11-5-3-4-6-13(11)16/h3-6,8,10,17H,7,9H2,1-2H3,(H,18,19,20). The molecule has 2 aromatic rings. The summed E-state index contributed by atoms with van der Waals surface area (Å²) in [6.07, 6.45) is 0.603. The number of H-pyrrole nitrogens is 1. The van der Waals surface area contributed by atoms with Gasteiger partial charge in [-0.25, -0.2) is 4.98 Å². The van der Waals surface area contributed by atoms with Crippen molar-refractivity contribution in [1.82, 2.24) is 15.3 Å². The largest absolute Gasteiger partial charge is 0.310 e. The third-order valence-electron chi connectivity index (χ3n) is 2.85. The maximum atomic E-state index is 11.7. The third kappa shape index (κ3) is 4.28. The Morgan fingerprint density at radius 3 is 2.80 bits per heavy atom. The molecule has 0 unspecified atom stereocenters. The van der Waals surface area contributed by atoms with E-state index in [1.165, 1.54) is 0 Å². The van der Waals surface area contributed by atoms with Crippen LogP contribution in [0.2, 0.25) is 0 Å². The topological polar surface area (TPSA) is 57.8 Å². The molecule has 0 amide bonds. The lowest BCUT2D eigenvalue weighted by Crippen LogP contribution is -2.24. The molecule has 1 heterocycles. The van der Waals surface area contributed by atoms with Crippen LogP contribution >= 0.6 is 15.9 Å². The zero-order chi connectivity index (χ0) is 14.5. The van der Waals surface area contributed by atoms with Crippen molar-refractivity contribution in [2.45, 2.75) is 32.9 Å². The van der Waals surface area contributed by atoms with Crippen molar-refractivity contribution in [3.05, 3.63) is 62.2 Å². The zero-order valence-electron chi connectivity index (χ0n) is 11.6. The second kappa shape index (κ2) is 6.81. The Kier molecular flexibility index (Phi) is 5.09. The molecule has 0 bridgehead atoms. The molecule has 2 rings (SSSR count). The van der Waals surface area contributed by atoms with E-state index in [1.807, 2.05) is 24.3 Å². The molecular weight excluding hydrogens is 318 g/mol. The second-order valence-electron chi connectivity index (χ2n) is 4.99. The first-order valence-electron chi connectivity index (χ1n) is 6.60. The number of halogens is 1. The van der Waals surface area contributed by atoms with Gasteiger partial charge in [-0.1, -0.05) is 48.0 Å². The van der Waals surface area contributed by atoms with E-state index in [0.717, 1.165) is 15.7 Å². The van der Waals surface area contributed by atoms with E-state index in [0.29, 0.717) is 24.8 Å². The Labute approximate surface area is 126 Å². The van der Waals surface area contributed by atoms with Gasteiger partial charge in [0.25, 0.3) is 5.56 Å². The van der Waals surface area contributed by atoms with Crippen molar-refractivity contribution < 1.29 is 0 Å². The normalized spacial score (nSPS) is 11.0. The van der Waals surface area contributed by atoms with Crippen LogP contribution in [0.1, 0.15) is 30.9 Å². The molecule has 0 aliphatic carbocycles. The molecule has 1 aromatic heterocycles. The van der Waals surface area contributed by atoms with Gasteiger partial charge in [-0.05, 0) is 11.6 Å². The van der Waals surface area contributed by atoms with Crippen LogP contribution < -0.4 is 10.9 Å². The Hall–Kier alpha value is -1.46. The molecule has 0 spiro atoms. The summed E-state index contributed by atoms with van der Waals surface area (Å²) in [7, 11) is 0. The Balaban J connectivity index is 2.20. The molecule has 4 nitrogen and oxygen atoms in total. The monoisotopic (exact) mass is 335 g/mol. The first-order valence-corrected chi connectivity index (χ1v) is 7.40. The SMILES string of the molecule is CC(C)NCc1cc(=O)[nH]c(Cc2ccccc2Br)n1. The fourth-order valence-electron chi connectivity index (χ4n) is 1.87. The summed E-state index contributed by atoms with van der Waals surface area (Å²) in [6.45, 7) is 4.73. The minimum absolute atomic E-state index is 0.109. The van der Waals surface area contributed by atoms with Crippen LogP contribution in [0.25, 0.3) is 0 Å². The van der Waals surface area contributed by atoms with Crippen LogP contribution in [0.5, 0.6) is 0 Å². The lowest BCUT2D eigenvalue weighted by molar-refractivity contribution is 0.578. The van der Waals surface area contributed by atoms with E-state index in [-0.39, 0.29) is 5.56 Å². The minimum Gasteiger partial charge on any atom is -0.310 e. The second-order valence-corrected chi connectivity index (χ2v) is 5.84. The average Bonchev–Trinajstić information content (AvgIpc) is 2.38. The Morgan fingerprint density at radius 1 is 1.35 bits per heavy atom. The van der Waals surface area contributed by atoms with E-state index < -0.39 is 0 Å². The molecule has 2 N–H and O–H groups in total. The number of nitrogens with one attached hydrogen (secondary N) is 2. The predicted molar refractivity (Wildman–Crippen MR) is 83.8 cm³/mol. The molecular formula is C15H18BrN3O. The zero-order valence-corrected chi connectivity index (χ0v) is 13.2. The molecule has 20 heavy (non-hydrogen) atoms. The molecule has 0 saturated heterocycles. The van der Waals surface area contributed by atoms with Crippen LogP contribution in [0.3, 0.4) is 0 Å². The summed E-state index contributed by atoms with van der Waals surface area (Å²) < 4.78 is 1.02. The molecule has 0 fully saturated rings. The summed E-state index contributed by atoms with van der Waals surface area (Å²) in [5, 5.41) is 3.27. The number of aromatic amines is 1. The molecule has 0 aliphatic heterocycles. The van der Waals surface area contributed by atoms with Crippen LogP contribution in [-0.2, 0) is 13.0 Å². The van der Waals surface area contributed by atoms with Gasteiger partial charge in [-0.3, -0.25) is 4.79 Å². The number of nitrogens with zero attached hydrogens (tertiary/aromatic N) is 1. The van der Waals surface area contributed by atoms with E-state index in [4.69, 9.17) is 0 Å². The highest BCUT2D eigenvalue weighted by atomic mass is 79.9. The highest BCUT2D eigenvalue weighted by Crippen LogP contribution is 2.17. The molecule has 106 valence electrons. The number of aromatic nitrogens is 2. The maximum absolute atomic E-state index is 11.7. The summed E-state index contributed by atoms with van der Waals surface area (Å²) in [6, 6.07) is 9.84. The Bertz CT molecular complexity index is 637. The highest BCUT2D eigenvalue weighted by Gasteiger charge is 2.05. The number of hydrogen-bond acceptors (Lipinski definition) is 3. The predicted octanol–water partition coefficient (Wildman–Crippen LogP) is 2.62. The van der Waals surface area contributed by atoms with E-state index in [9.17, 15) is 4.79 Å². The average molecular weight is 336 g/mol. The quantitative estimate of drug-likeness (QED) is 0.883. The number of hydrogen-bond donors (Lipinski definition) is 2. The first-order chi connectivity index (χ1) is 9.54. The first kappa shape index (κ1) is 14.9. The van der Waals surface area contributed by atoms with Crippen molar-refractivity contribution in [3.63, 3.8) is 0 Å². The number of benzene rings is 1. The van der Waals surface area contributed by atoms with Gasteiger partial charge in [-0.2, -0.15) is 0 Å². The molecule has 0 saturated carbocycles. The smallest absolute Gasteiger partial charge is 0.251 e. The van der Waals surface area contributed by atoms with Crippen LogP contribution in [0, 0.1) is 0 Å². The van der Waals surface area contributed by atoms with Crippen LogP contribution in [0.4, 0.5) is 0 Å². The minimum atomic E-state index is -0.109. The van der Waals surface area contributed by atoms with Crippen molar-refractivity contribution >= 4 is 15.9 Å². The lowest BCUT2D eigenvalue weighted by Gasteiger charge is -2.09. The summed E-state index contributed by atoms with van der Waals surface area (Å²) in [4.78, 5) is 19.0. The molecule has 5 heteroatoms. The summed E-state index contributed by atoms with van der Waals surface area (Å²) >= 11 is 3.51. The van der Waals surface area contributed by atoms with Gasteiger partial charge in [0.1, 0.15) is 5.82 Å². The van der Waals surface area contributed by atoms with E-state index in [2.05, 4.69) is 45.1 Å². The van der Waals surface area contributed by atoms with Crippen molar-refractivity contribution in [2.24, 2.45) is 0 Å². The third-order valence-corrected chi connectivity index (χ3v) is 3.62. The fraction of sp³-hybridized carbons (Fsp3) is 0.333. The Morgan fingerprint density at radius 2 is 2.10 bits per heavy atom. The van der Waals surface area contributed by atoms with Gasteiger partial charge in [0.15, 0.2) is 0 Å². The van der Waals surface area contributed by atoms with Gasteiger partial charge >= 0.3 is 0 Å². The molecule has 1 aromatic carbocycles. The fourth-order valence-corrected chi connectivity index (χ4v) is 2.29. The maximum Gasteiger partial charge on any atom is 0.251 e. The van der Waals surface area contributed by atoms with Crippen molar-refractivity contribution in [1.29, 1.82) is 0 Å². The molecule has 0 aliphatic rings. The van der Waals surface area contributed by atoms with Crippen LogP contribution in [0.15, 0.2) is 39.6 Å². The highest BCUT2D eigenvalue weighted by molar-refractivity contribution is 9.10. The van der Waals surface area contributed by atoms with Gasteiger partial charge in [-0.15, -0.1) is 0 Å². The van der Waals surface area contributed by atoms with Crippen molar-refractivity contribution in [2.75, 3.05) is 0 Å². The lowest BCUT2D eigenvalue weighted by atomic mass is 10.1. The van der Waals surface area contributed by atoms with E-state index in [1.54, 1.807) is 6.07 Å². The molecule has 0 radical (unpaired) electrons. The number of rotatable bonds is 5.